The zero-order valence-electron chi connectivity index (χ0n) is 15.3. The van der Waals surface area contributed by atoms with Gasteiger partial charge in [-0.05, 0) is 55.3 Å². The Kier molecular flexibility index (Phi) is 6.54. The van der Waals surface area contributed by atoms with Crippen molar-refractivity contribution in [2.45, 2.75) is 25.3 Å². The zero-order chi connectivity index (χ0) is 19.4. The second-order valence-electron chi connectivity index (χ2n) is 6.74. The van der Waals surface area contributed by atoms with Crippen LogP contribution in [0, 0.1) is 5.82 Å². The molecule has 3 aromatic carbocycles. The first-order valence-corrected chi connectivity index (χ1v) is 9.71. The van der Waals surface area contributed by atoms with Gasteiger partial charge in [-0.3, -0.25) is 0 Å². The smallest absolute Gasteiger partial charge is 0.131 e. The van der Waals surface area contributed by atoms with E-state index in [2.05, 4.69) is 12.2 Å². The summed E-state index contributed by atoms with van der Waals surface area (Å²) in [6.07, 6.45) is 0.739. The van der Waals surface area contributed by atoms with Crippen LogP contribution in [0.15, 0.2) is 66.7 Å². The van der Waals surface area contributed by atoms with Gasteiger partial charge in [0.1, 0.15) is 5.82 Å². The van der Waals surface area contributed by atoms with Gasteiger partial charge in [0.15, 0.2) is 0 Å². The topological polar surface area (TPSA) is 12.0 Å². The van der Waals surface area contributed by atoms with Gasteiger partial charge >= 0.3 is 0 Å². The molecule has 0 amide bonds. The summed E-state index contributed by atoms with van der Waals surface area (Å²) in [7, 11) is 1.92. The van der Waals surface area contributed by atoms with Crippen LogP contribution in [0.25, 0.3) is 11.1 Å². The molecule has 0 aliphatic heterocycles. The minimum atomic E-state index is -0.207. The predicted molar refractivity (Wildman–Crippen MR) is 113 cm³/mol. The molecule has 2 atom stereocenters. The van der Waals surface area contributed by atoms with Gasteiger partial charge in [-0.2, -0.15) is 0 Å². The van der Waals surface area contributed by atoms with E-state index in [4.69, 9.17) is 23.2 Å². The van der Waals surface area contributed by atoms with Crippen molar-refractivity contribution in [3.8, 4) is 11.1 Å². The molecule has 0 aliphatic rings. The second-order valence-corrected chi connectivity index (χ2v) is 7.56. The number of hydrogen-bond donors (Lipinski definition) is 1. The molecule has 0 unspecified atom stereocenters. The fraction of sp³-hybridized carbons (Fsp3) is 0.217. The maximum absolute atomic E-state index is 14.9. The largest absolute Gasteiger partial charge is 0.317 e. The molecule has 0 heterocycles. The Hall–Kier alpha value is -1.87. The predicted octanol–water partition coefficient (Wildman–Crippen LogP) is 6.73. The highest BCUT2D eigenvalue weighted by molar-refractivity contribution is 6.42. The SMILES string of the molecule is CN[C@@H](C)[C@@H](Cc1ccc(Cl)c(Cl)c1)c1ccc(-c2ccccc2)c(F)c1. The molecule has 0 spiro atoms. The highest BCUT2D eigenvalue weighted by Crippen LogP contribution is 2.31. The molecule has 3 rings (SSSR count). The van der Waals surface area contributed by atoms with E-state index in [1.165, 1.54) is 0 Å². The third-order valence-corrected chi connectivity index (χ3v) is 5.74. The second kappa shape index (κ2) is 8.88. The van der Waals surface area contributed by atoms with Gasteiger partial charge < -0.3 is 5.32 Å². The molecule has 0 saturated carbocycles. The molecule has 3 aromatic rings. The first-order valence-electron chi connectivity index (χ1n) is 8.95. The van der Waals surface area contributed by atoms with Crippen LogP contribution in [0.5, 0.6) is 0 Å². The standard InChI is InChI=1S/C23H22Cl2FN/c1-15(27-2)20(12-16-8-11-21(24)22(25)13-16)18-9-10-19(23(26)14-18)17-6-4-3-5-7-17/h3-11,13-15,20,27H,12H2,1-2H3/t15-,20+/m0/s1. The van der Waals surface area contributed by atoms with E-state index in [0.717, 1.165) is 23.1 Å². The molecular weight excluding hydrogens is 380 g/mol. The Morgan fingerprint density at radius 3 is 2.30 bits per heavy atom. The highest BCUT2D eigenvalue weighted by Gasteiger charge is 2.20. The molecule has 0 aliphatic carbocycles. The fourth-order valence-corrected chi connectivity index (χ4v) is 3.64. The van der Waals surface area contributed by atoms with Gasteiger partial charge in [0.05, 0.1) is 10.0 Å². The zero-order valence-corrected chi connectivity index (χ0v) is 16.9. The van der Waals surface area contributed by atoms with Gasteiger partial charge in [-0.1, -0.05) is 71.7 Å². The lowest BCUT2D eigenvalue weighted by molar-refractivity contribution is 0.489. The number of nitrogens with one attached hydrogen (secondary N) is 1. The van der Waals surface area contributed by atoms with Gasteiger partial charge in [-0.25, -0.2) is 4.39 Å². The molecule has 27 heavy (non-hydrogen) atoms. The van der Waals surface area contributed by atoms with E-state index in [9.17, 15) is 4.39 Å². The Balaban J connectivity index is 1.93. The van der Waals surface area contributed by atoms with E-state index in [1.807, 2.05) is 61.6 Å². The number of benzene rings is 3. The molecule has 0 radical (unpaired) electrons. The average molecular weight is 402 g/mol. The molecule has 0 bridgehead atoms. The minimum absolute atomic E-state index is 0.103. The van der Waals surface area contributed by atoms with Crippen molar-refractivity contribution >= 4 is 23.2 Å². The summed E-state index contributed by atoms with van der Waals surface area (Å²) >= 11 is 12.2. The van der Waals surface area contributed by atoms with Crippen LogP contribution < -0.4 is 5.32 Å². The lowest BCUT2D eigenvalue weighted by atomic mass is 9.85. The third-order valence-electron chi connectivity index (χ3n) is 5.00. The van der Waals surface area contributed by atoms with Crippen molar-refractivity contribution in [1.82, 2.24) is 5.32 Å². The quantitative estimate of drug-likeness (QED) is 0.482. The third kappa shape index (κ3) is 4.70. The molecule has 1 nitrogen and oxygen atoms in total. The van der Waals surface area contributed by atoms with Crippen LogP contribution in [0.3, 0.4) is 0 Å². The van der Waals surface area contributed by atoms with Crippen molar-refractivity contribution in [3.05, 3.63) is 93.7 Å². The van der Waals surface area contributed by atoms with Crippen molar-refractivity contribution in [2.24, 2.45) is 0 Å². The van der Waals surface area contributed by atoms with Crippen LogP contribution in [0.2, 0.25) is 10.0 Å². The van der Waals surface area contributed by atoms with E-state index in [-0.39, 0.29) is 17.8 Å². The van der Waals surface area contributed by atoms with Crippen molar-refractivity contribution in [2.75, 3.05) is 7.05 Å². The van der Waals surface area contributed by atoms with Gasteiger partial charge in [0.25, 0.3) is 0 Å². The Bertz CT molecular complexity index is 912. The highest BCUT2D eigenvalue weighted by atomic mass is 35.5. The maximum Gasteiger partial charge on any atom is 0.131 e. The Morgan fingerprint density at radius 1 is 0.926 bits per heavy atom. The van der Waals surface area contributed by atoms with Crippen LogP contribution in [-0.4, -0.2) is 13.1 Å². The van der Waals surface area contributed by atoms with E-state index >= 15 is 0 Å². The van der Waals surface area contributed by atoms with E-state index in [0.29, 0.717) is 15.6 Å². The first kappa shape index (κ1) is 19.9. The lowest BCUT2D eigenvalue weighted by Crippen LogP contribution is -2.30. The summed E-state index contributed by atoms with van der Waals surface area (Å²) in [5.74, 6) is -0.104. The molecule has 0 fully saturated rings. The van der Waals surface area contributed by atoms with Crippen molar-refractivity contribution < 1.29 is 4.39 Å². The molecule has 0 aromatic heterocycles. The summed E-state index contributed by atoms with van der Waals surface area (Å²) < 4.78 is 14.9. The van der Waals surface area contributed by atoms with E-state index in [1.54, 1.807) is 12.1 Å². The van der Waals surface area contributed by atoms with Crippen molar-refractivity contribution in [1.29, 1.82) is 0 Å². The van der Waals surface area contributed by atoms with Crippen LogP contribution in [0.4, 0.5) is 4.39 Å². The average Bonchev–Trinajstić information content (AvgIpc) is 2.68. The maximum atomic E-state index is 14.9. The number of halogens is 3. The van der Waals surface area contributed by atoms with Crippen LogP contribution >= 0.6 is 23.2 Å². The summed E-state index contributed by atoms with van der Waals surface area (Å²) in [6, 6.07) is 21.0. The fourth-order valence-electron chi connectivity index (χ4n) is 3.32. The molecular formula is C23H22Cl2FN. The minimum Gasteiger partial charge on any atom is -0.317 e. The monoisotopic (exact) mass is 401 g/mol. The van der Waals surface area contributed by atoms with E-state index < -0.39 is 0 Å². The summed E-state index contributed by atoms with van der Waals surface area (Å²) in [5.41, 5.74) is 3.53. The summed E-state index contributed by atoms with van der Waals surface area (Å²) in [6.45, 7) is 2.10. The number of hydrogen-bond acceptors (Lipinski definition) is 1. The summed E-state index contributed by atoms with van der Waals surface area (Å²) in [4.78, 5) is 0. The molecule has 4 heteroatoms. The molecule has 1 N–H and O–H groups in total. The number of likely N-dealkylation sites (N-methyl/N-ethyl adjacent to an activating group) is 1. The lowest BCUT2D eigenvalue weighted by Gasteiger charge is -2.25. The van der Waals surface area contributed by atoms with Crippen LogP contribution in [0.1, 0.15) is 24.0 Å². The number of rotatable bonds is 6. The molecule has 0 saturated heterocycles. The van der Waals surface area contributed by atoms with Gasteiger partial charge in [0.2, 0.25) is 0 Å². The molecule has 140 valence electrons. The Morgan fingerprint density at radius 2 is 1.67 bits per heavy atom. The first-order chi connectivity index (χ1) is 13.0. The van der Waals surface area contributed by atoms with Crippen molar-refractivity contribution in [3.63, 3.8) is 0 Å². The van der Waals surface area contributed by atoms with Gasteiger partial charge in [0, 0.05) is 17.5 Å². The summed E-state index contributed by atoms with van der Waals surface area (Å²) in [5, 5.41) is 4.37. The van der Waals surface area contributed by atoms with Crippen LogP contribution in [-0.2, 0) is 6.42 Å². The van der Waals surface area contributed by atoms with Gasteiger partial charge in [-0.15, -0.1) is 0 Å². The Labute approximate surface area is 170 Å². The normalized spacial score (nSPS) is 13.4.